The molecule has 0 saturated carbocycles. The van der Waals surface area contributed by atoms with Gasteiger partial charge in [-0.3, -0.25) is 13.9 Å². The number of nitrogens with one attached hydrogen (secondary N) is 1. The maximum atomic E-state index is 14.1. The molecule has 2 amide bonds. The number of amides is 2. The molecular weight excluding hydrogens is 562 g/mol. The van der Waals surface area contributed by atoms with Gasteiger partial charge < -0.3 is 15.0 Å². The molecule has 0 radical (unpaired) electrons. The van der Waals surface area contributed by atoms with Crippen molar-refractivity contribution in [1.82, 2.24) is 10.2 Å². The number of nitrogens with zero attached hydrogens (tertiary/aromatic N) is 2. The van der Waals surface area contributed by atoms with Gasteiger partial charge in [-0.15, -0.1) is 0 Å². The van der Waals surface area contributed by atoms with Crippen molar-refractivity contribution in [2.75, 3.05) is 18.0 Å². The quantitative estimate of drug-likeness (QED) is 0.277. The molecule has 3 aromatic rings. The number of rotatable bonds is 13. The zero-order valence-corrected chi connectivity index (χ0v) is 25.7. The molecular formula is C31H38ClN3O5S. The third kappa shape index (κ3) is 8.01. The fourth-order valence-electron chi connectivity index (χ4n) is 4.43. The van der Waals surface area contributed by atoms with Crippen molar-refractivity contribution in [2.45, 2.75) is 64.1 Å². The average Bonchev–Trinajstić information content (AvgIpc) is 2.95. The highest BCUT2D eigenvalue weighted by Crippen LogP contribution is 2.32. The Morgan fingerprint density at radius 1 is 0.976 bits per heavy atom. The Balaban J connectivity index is 2.08. The van der Waals surface area contributed by atoms with Gasteiger partial charge in [-0.25, -0.2) is 8.42 Å². The fourth-order valence-corrected chi connectivity index (χ4v) is 6.11. The van der Waals surface area contributed by atoms with Gasteiger partial charge in [0.25, 0.3) is 10.0 Å². The van der Waals surface area contributed by atoms with Crippen molar-refractivity contribution < 1.29 is 22.7 Å². The van der Waals surface area contributed by atoms with Crippen LogP contribution in [0.5, 0.6) is 5.75 Å². The normalized spacial score (nSPS) is 12.7. The lowest BCUT2D eigenvalue weighted by Gasteiger charge is -2.34. The monoisotopic (exact) mass is 599 g/mol. The van der Waals surface area contributed by atoms with E-state index in [-0.39, 0.29) is 34.1 Å². The molecule has 0 spiro atoms. The Labute approximate surface area is 248 Å². The maximum Gasteiger partial charge on any atom is 0.264 e. The van der Waals surface area contributed by atoms with E-state index < -0.39 is 28.5 Å². The van der Waals surface area contributed by atoms with Crippen molar-refractivity contribution in [2.24, 2.45) is 0 Å². The molecule has 0 aliphatic heterocycles. The van der Waals surface area contributed by atoms with Crippen LogP contribution in [-0.4, -0.2) is 50.9 Å². The average molecular weight is 600 g/mol. The molecule has 3 rings (SSSR count). The lowest BCUT2D eigenvalue weighted by atomic mass is 10.1. The smallest absolute Gasteiger partial charge is 0.264 e. The standard InChI is InChI=1S/C31H38ClN3O5S/c1-6-23(4)33-31(37)28(7-2)34(20-24-13-11-12-22(3)18-24)30(36)21-35(25-16-17-29(40-5)27(32)19-25)41(38,39)26-14-9-8-10-15-26/h8-19,23,28H,6-7,20-21H2,1-5H3,(H,33,37)/t23-,28+/m0/s1. The molecule has 8 nitrogen and oxygen atoms in total. The minimum Gasteiger partial charge on any atom is -0.495 e. The van der Waals surface area contributed by atoms with E-state index in [1.807, 2.05) is 52.0 Å². The summed E-state index contributed by atoms with van der Waals surface area (Å²) < 4.78 is 34.1. The van der Waals surface area contributed by atoms with Crippen molar-refractivity contribution in [3.8, 4) is 5.75 Å². The van der Waals surface area contributed by atoms with Gasteiger partial charge in [-0.05, 0) is 62.6 Å². The summed E-state index contributed by atoms with van der Waals surface area (Å²) in [5, 5.41) is 3.17. The Kier molecular flexibility index (Phi) is 11.2. The Morgan fingerprint density at radius 3 is 2.27 bits per heavy atom. The van der Waals surface area contributed by atoms with Gasteiger partial charge in [0.2, 0.25) is 11.8 Å². The van der Waals surface area contributed by atoms with E-state index in [0.717, 1.165) is 21.9 Å². The number of methoxy groups -OCH3 is 1. The van der Waals surface area contributed by atoms with Crippen LogP contribution in [0.4, 0.5) is 5.69 Å². The van der Waals surface area contributed by atoms with E-state index in [9.17, 15) is 18.0 Å². The number of sulfonamides is 1. The van der Waals surface area contributed by atoms with Crippen LogP contribution in [0.25, 0.3) is 0 Å². The van der Waals surface area contributed by atoms with E-state index >= 15 is 0 Å². The number of hydrogen-bond acceptors (Lipinski definition) is 5. The molecule has 220 valence electrons. The molecule has 0 unspecified atom stereocenters. The SMILES string of the molecule is CC[C@H](C(=O)N[C@@H](C)CC)N(Cc1cccc(C)c1)C(=O)CN(c1ccc(OC)c(Cl)c1)S(=O)(=O)c1ccccc1. The number of anilines is 1. The van der Waals surface area contributed by atoms with Crippen LogP contribution in [0.15, 0.2) is 77.7 Å². The van der Waals surface area contributed by atoms with Gasteiger partial charge in [-0.2, -0.15) is 0 Å². The summed E-state index contributed by atoms with van der Waals surface area (Å²) in [7, 11) is -2.73. The van der Waals surface area contributed by atoms with Crippen molar-refractivity contribution in [3.63, 3.8) is 0 Å². The third-order valence-corrected chi connectivity index (χ3v) is 8.94. The molecule has 0 fully saturated rings. The summed E-state index contributed by atoms with van der Waals surface area (Å²) in [6.45, 7) is 7.24. The van der Waals surface area contributed by atoms with E-state index in [2.05, 4.69) is 5.32 Å². The number of aryl methyl sites for hydroxylation is 1. The van der Waals surface area contributed by atoms with Crippen LogP contribution in [0, 0.1) is 6.92 Å². The van der Waals surface area contributed by atoms with Gasteiger partial charge in [0, 0.05) is 12.6 Å². The van der Waals surface area contributed by atoms with E-state index in [0.29, 0.717) is 12.2 Å². The van der Waals surface area contributed by atoms with E-state index in [1.54, 1.807) is 24.3 Å². The van der Waals surface area contributed by atoms with Gasteiger partial charge in [0.15, 0.2) is 0 Å². The van der Waals surface area contributed by atoms with Gasteiger partial charge in [0.1, 0.15) is 18.3 Å². The third-order valence-electron chi connectivity index (χ3n) is 6.86. The Morgan fingerprint density at radius 2 is 1.68 bits per heavy atom. The summed E-state index contributed by atoms with van der Waals surface area (Å²) in [5.74, 6) is -0.440. The molecule has 1 N–H and O–H groups in total. The predicted octanol–water partition coefficient (Wildman–Crippen LogP) is 5.57. The molecule has 0 aliphatic rings. The van der Waals surface area contributed by atoms with Crippen LogP contribution in [0.2, 0.25) is 5.02 Å². The molecule has 41 heavy (non-hydrogen) atoms. The number of benzene rings is 3. The summed E-state index contributed by atoms with van der Waals surface area (Å²) in [6.07, 6.45) is 1.08. The fraction of sp³-hybridized carbons (Fsp3) is 0.355. The minimum atomic E-state index is -4.19. The molecule has 3 aromatic carbocycles. The number of ether oxygens (including phenoxy) is 1. The first kappa shape index (κ1) is 32.0. The van der Waals surface area contributed by atoms with Crippen LogP contribution in [0.3, 0.4) is 0 Å². The molecule has 10 heteroatoms. The predicted molar refractivity (Wildman–Crippen MR) is 163 cm³/mol. The Hall–Kier alpha value is -3.56. The number of carbonyl (C=O) groups is 2. The number of hydrogen-bond donors (Lipinski definition) is 1. The summed E-state index contributed by atoms with van der Waals surface area (Å²) in [4.78, 5) is 29.0. The number of halogens is 1. The topological polar surface area (TPSA) is 96.0 Å². The summed E-state index contributed by atoms with van der Waals surface area (Å²) in [6, 6.07) is 19.2. The van der Waals surface area contributed by atoms with Crippen molar-refractivity contribution in [3.05, 3.63) is 88.9 Å². The highest BCUT2D eigenvalue weighted by Gasteiger charge is 2.34. The first-order chi connectivity index (χ1) is 19.5. The second kappa shape index (κ2) is 14.4. The zero-order chi connectivity index (χ0) is 30.2. The zero-order valence-electron chi connectivity index (χ0n) is 24.1. The lowest BCUT2D eigenvalue weighted by Crippen LogP contribution is -2.53. The van der Waals surface area contributed by atoms with Crippen molar-refractivity contribution in [1.29, 1.82) is 0 Å². The maximum absolute atomic E-state index is 14.1. The van der Waals surface area contributed by atoms with Crippen LogP contribution in [-0.2, 0) is 26.2 Å². The van der Waals surface area contributed by atoms with Crippen LogP contribution in [0.1, 0.15) is 44.7 Å². The lowest BCUT2D eigenvalue weighted by molar-refractivity contribution is -0.140. The molecule has 0 aliphatic carbocycles. The molecule has 0 saturated heterocycles. The van der Waals surface area contributed by atoms with Crippen LogP contribution >= 0.6 is 11.6 Å². The molecule has 2 atom stereocenters. The minimum absolute atomic E-state index is 0.0199. The Bertz CT molecular complexity index is 1450. The highest BCUT2D eigenvalue weighted by atomic mass is 35.5. The second-order valence-corrected chi connectivity index (χ2v) is 12.2. The molecule has 0 heterocycles. The van der Waals surface area contributed by atoms with Crippen molar-refractivity contribution >= 4 is 39.1 Å². The molecule has 0 aromatic heterocycles. The van der Waals surface area contributed by atoms with E-state index in [1.165, 1.54) is 36.3 Å². The van der Waals surface area contributed by atoms with E-state index in [4.69, 9.17) is 16.3 Å². The second-order valence-electron chi connectivity index (χ2n) is 9.90. The highest BCUT2D eigenvalue weighted by molar-refractivity contribution is 7.92. The van der Waals surface area contributed by atoms with Gasteiger partial charge in [0.05, 0.1) is 22.7 Å². The van der Waals surface area contributed by atoms with Crippen LogP contribution < -0.4 is 14.4 Å². The first-order valence-electron chi connectivity index (χ1n) is 13.6. The van der Waals surface area contributed by atoms with Gasteiger partial charge in [-0.1, -0.05) is 73.5 Å². The first-order valence-corrected chi connectivity index (χ1v) is 15.4. The molecule has 0 bridgehead atoms. The largest absolute Gasteiger partial charge is 0.495 e. The van der Waals surface area contributed by atoms with Gasteiger partial charge >= 0.3 is 0 Å². The number of carbonyl (C=O) groups excluding carboxylic acids is 2. The summed E-state index contributed by atoms with van der Waals surface area (Å²) in [5.41, 5.74) is 2.03. The summed E-state index contributed by atoms with van der Waals surface area (Å²) >= 11 is 6.37.